The first kappa shape index (κ1) is 14.9. The van der Waals surface area contributed by atoms with Crippen LogP contribution in [0.1, 0.15) is 11.1 Å². The lowest BCUT2D eigenvalue weighted by atomic mass is 10.1. The van der Waals surface area contributed by atoms with Crippen molar-refractivity contribution in [3.63, 3.8) is 0 Å². The number of aliphatic hydroxyl groups is 1. The number of hydrogen-bond donors (Lipinski definition) is 2. The number of morpholine rings is 1. The van der Waals surface area contributed by atoms with Crippen LogP contribution in [0.2, 0.25) is 0 Å². The Labute approximate surface area is 123 Å². The summed E-state index contributed by atoms with van der Waals surface area (Å²) >= 11 is 4.89. The van der Waals surface area contributed by atoms with Crippen molar-refractivity contribution < 1.29 is 14.6 Å². The van der Waals surface area contributed by atoms with Gasteiger partial charge < -0.3 is 20.5 Å². The maximum absolute atomic E-state index is 12.2. The Morgan fingerprint density at radius 3 is 2.75 bits per heavy atom. The van der Waals surface area contributed by atoms with E-state index in [1.807, 2.05) is 24.3 Å². The highest BCUT2D eigenvalue weighted by molar-refractivity contribution is 7.80. The van der Waals surface area contributed by atoms with E-state index >= 15 is 0 Å². The molecule has 1 saturated heterocycles. The predicted octanol–water partition coefficient (Wildman–Crippen LogP) is 0.0830. The summed E-state index contributed by atoms with van der Waals surface area (Å²) in [6.07, 6.45) is 0.0557. The molecule has 108 valence electrons. The molecule has 20 heavy (non-hydrogen) atoms. The average Bonchev–Trinajstić information content (AvgIpc) is 2.47. The van der Waals surface area contributed by atoms with E-state index in [4.69, 9.17) is 27.8 Å². The number of carbonyl (C=O) groups is 1. The second-order valence-corrected chi connectivity index (χ2v) is 5.19. The van der Waals surface area contributed by atoms with Crippen molar-refractivity contribution in [2.45, 2.75) is 12.5 Å². The topological polar surface area (TPSA) is 75.8 Å². The van der Waals surface area contributed by atoms with Gasteiger partial charge in [0, 0.05) is 18.7 Å². The van der Waals surface area contributed by atoms with Crippen LogP contribution < -0.4 is 5.73 Å². The highest BCUT2D eigenvalue weighted by Gasteiger charge is 2.23. The fraction of sp³-hybridized carbons (Fsp3) is 0.429. The molecule has 0 aromatic heterocycles. The van der Waals surface area contributed by atoms with Crippen LogP contribution in [0.25, 0.3) is 0 Å². The number of nitrogens with two attached hydrogens (primary N) is 1. The van der Waals surface area contributed by atoms with Gasteiger partial charge in [-0.3, -0.25) is 4.79 Å². The molecule has 6 heteroatoms. The fourth-order valence-corrected chi connectivity index (χ4v) is 2.27. The lowest BCUT2D eigenvalue weighted by molar-refractivity contribution is -0.139. The third-order valence-corrected chi connectivity index (χ3v) is 3.52. The summed E-state index contributed by atoms with van der Waals surface area (Å²) in [5.41, 5.74) is 7.24. The summed E-state index contributed by atoms with van der Waals surface area (Å²) in [6.45, 7) is 1.42. The smallest absolute Gasteiger partial charge is 0.227 e. The van der Waals surface area contributed by atoms with Crippen LogP contribution in [0.4, 0.5) is 0 Å². The summed E-state index contributed by atoms with van der Waals surface area (Å²) in [5, 5.41) is 9.08. The van der Waals surface area contributed by atoms with Gasteiger partial charge in [0.25, 0.3) is 0 Å². The summed E-state index contributed by atoms with van der Waals surface area (Å²) in [4.78, 5) is 14.3. The molecule has 3 N–H and O–H groups in total. The molecule has 1 aliphatic rings. The normalized spacial score (nSPS) is 18.9. The molecule has 1 atom stereocenters. The Balaban J connectivity index is 1.95. The van der Waals surface area contributed by atoms with Crippen molar-refractivity contribution in [3.05, 3.63) is 35.4 Å². The van der Waals surface area contributed by atoms with Gasteiger partial charge >= 0.3 is 0 Å². The molecule has 1 aliphatic heterocycles. The average molecular weight is 294 g/mol. The molecule has 0 radical (unpaired) electrons. The van der Waals surface area contributed by atoms with Crippen molar-refractivity contribution in [3.8, 4) is 0 Å². The molecule has 1 fully saturated rings. The van der Waals surface area contributed by atoms with E-state index in [0.717, 1.165) is 11.1 Å². The zero-order valence-corrected chi connectivity index (χ0v) is 11.9. The Hall–Kier alpha value is -1.50. The molecule has 5 nitrogen and oxygen atoms in total. The lowest BCUT2D eigenvalue weighted by Gasteiger charge is -2.32. The van der Waals surface area contributed by atoms with Gasteiger partial charge in [-0.2, -0.15) is 0 Å². The molecule has 1 aromatic rings. The summed E-state index contributed by atoms with van der Waals surface area (Å²) in [7, 11) is 0. The second-order valence-electron chi connectivity index (χ2n) is 4.75. The van der Waals surface area contributed by atoms with Crippen LogP contribution in [0.3, 0.4) is 0 Å². The molecule has 1 aromatic carbocycles. The van der Waals surface area contributed by atoms with Crippen molar-refractivity contribution in [1.82, 2.24) is 4.90 Å². The number of nitrogens with zero attached hydrogens (tertiary/aromatic N) is 1. The SMILES string of the molecule is NC(=S)c1ccc(CC(=O)N2CCOC(CO)C2)cc1. The molecule has 0 saturated carbocycles. The monoisotopic (exact) mass is 294 g/mol. The molecular formula is C14H18N2O3S. The van der Waals surface area contributed by atoms with Crippen molar-refractivity contribution in [1.29, 1.82) is 0 Å². The highest BCUT2D eigenvalue weighted by Crippen LogP contribution is 2.10. The van der Waals surface area contributed by atoms with E-state index in [1.54, 1.807) is 4.90 Å². The van der Waals surface area contributed by atoms with E-state index in [2.05, 4.69) is 0 Å². The van der Waals surface area contributed by atoms with E-state index in [1.165, 1.54) is 0 Å². The zero-order valence-electron chi connectivity index (χ0n) is 11.1. The summed E-state index contributed by atoms with van der Waals surface area (Å²) in [6, 6.07) is 7.36. The van der Waals surface area contributed by atoms with Crippen molar-refractivity contribution in [2.24, 2.45) is 5.73 Å². The molecule has 2 rings (SSSR count). The Bertz CT molecular complexity index is 490. The van der Waals surface area contributed by atoms with Gasteiger partial charge in [-0.1, -0.05) is 36.5 Å². The second kappa shape index (κ2) is 6.78. The van der Waals surface area contributed by atoms with Gasteiger partial charge in [0.1, 0.15) is 4.99 Å². The first-order chi connectivity index (χ1) is 9.60. The standard InChI is InChI=1S/C14H18N2O3S/c15-14(20)11-3-1-10(2-4-11)7-13(18)16-5-6-19-12(8-16)9-17/h1-4,12,17H,5-9H2,(H2,15,20). The van der Waals surface area contributed by atoms with Gasteiger partial charge in [0.2, 0.25) is 5.91 Å². The minimum Gasteiger partial charge on any atom is -0.394 e. The Kier molecular flexibility index (Phi) is 5.05. The molecular weight excluding hydrogens is 276 g/mol. The number of thiocarbonyl (C=S) groups is 1. The maximum atomic E-state index is 12.2. The quantitative estimate of drug-likeness (QED) is 0.769. The largest absolute Gasteiger partial charge is 0.394 e. The van der Waals surface area contributed by atoms with E-state index in [9.17, 15) is 4.79 Å². The Morgan fingerprint density at radius 1 is 1.45 bits per heavy atom. The minimum atomic E-state index is -0.273. The number of carbonyl (C=O) groups excluding carboxylic acids is 1. The molecule has 0 aliphatic carbocycles. The van der Waals surface area contributed by atoms with Gasteiger partial charge in [-0.05, 0) is 5.56 Å². The maximum Gasteiger partial charge on any atom is 0.227 e. The highest BCUT2D eigenvalue weighted by atomic mass is 32.1. The van der Waals surface area contributed by atoms with Gasteiger partial charge in [-0.15, -0.1) is 0 Å². The number of hydrogen-bond acceptors (Lipinski definition) is 4. The van der Waals surface area contributed by atoms with Crippen molar-refractivity contribution in [2.75, 3.05) is 26.3 Å². The van der Waals surface area contributed by atoms with E-state index in [-0.39, 0.29) is 18.6 Å². The third-order valence-electron chi connectivity index (χ3n) is 3.29. The molecule has 0 bridgehead atoms. The molecule has 1 unspecified atom stereocenters. The molecule has 1 heterocycles. The van der Waals surface area contributed by atoms with Gasteiger partial charge in [0.15, 0.2) is 0 Å². The fourth-order valence-electron chi connectivity index (χ4n) is 2.13. The predicted molar refractivity (Wildman–Crippen MR) is 79.4 cm³/mol. The number of rotatable bonds is 4. The number of ether oxygens (including phenoxy) is 1. The van der Waals surface area contributed by atoms with Crippen LogP contribution in [-0.4, -0.2) is 53.3 Å². The summed E-state index contributed by atoms with van der Waals surface area (Å²) < 4.78 is 5.33. The lowest BCUT2D eigenvalue weighted by Crippen LogP contribution is -2.47. The van der Waals surface area contributed by atoms with Crippen LogP contribution in [0.15, 0.2) is 24.3 Å². The van der Waals surface area contributed by atoms with Crippen LogP contribution in [-0.2, 0) is 16.0 Å². The number of aliphatic hydroxyl groups excluding tert-OH is 1. The number of amides is 1. The van der Waals surface area contributed by atoms with Crippen LogP contribution in [0.5, 0.6) is 0 Å². The van der Waals surface area contributed by atoms with Crippen LogP contribution in [0, 0.1) is 0 Å². The van der Waals surface area contributed by atoms with Crippen molar-refractivity contribution >= 4 is 23.1 Å². The van der Waals surface area contributed by atoms with E-state index in [0.29, 0.717) is 31.1 Å². The molecule has 1 amide bonds. The first-order valence-corrected chi connectivity index (χ1v) is 6.90. The van der Waals surface area contributed by atoms with E-state index < -0.39 is 0 Å². The van der Waals surface area contributed by atoms with Crippen LogP contribution >= 0.6 is 12.2 Å². The van der Waals surface area contributed by atoms with Gasteiger partial charge in [-0.25, -0.2) is 0 Å². The summed E-state index contributed by atoms with van der Waals surface area (Å²) in [5.74, 6) is 0.0369. The van der Waals surface area contributed by atoms with Gasteiger partial charge in [0.05, 0.1) is 25.7 Å². The Morgan fingerprint density at radius 2 is 2.15 bits per heavy atom. The first-order valence-electron chi connectivity index (χ1n) is 6.49. The molecule has 0 spiro atoms. The number of benzene rings is 1. The third kappa shape index (κ3) is 3.75. The minimum absolute atomic E-state index is 0.0369. The zero-order chi connectivity index (χ0) is 14.5.